The lowest BCUT2D eigenvalue weighted by atomic mass is 10.1. The molecular formula is C27H27N3O4. The second-order valence-electron chi connectivity index (χ2n) is 8.04. The number of ether oxygens (including phenoxy) is 1. The Morgan fingerprint density at radius 2 is 1.32 bits per heavy atom. The molecule has 0 spiro atoms. The second kappa shape index (κ2) is 10.7. The molecule has 7 nitrogen and oxygen atoms in total. The molecule has 0 saturated carbocycles. The molecule has 3 aromatic carbocycles. The summed E-state index contributed by atoms with van der Waals surface area (Å²) in [5.41, 5.74) is 2.26. The highest BCUT2D eigenvalue weighted by atomic mass is 16.5. The molecule has 4 rings (SSSR count). The summed E-state index contributed by atoms with van der Waals surface area (Å²) in [7, 11) is 1.55. The van der Waals surface area contributed by atoms with E-state index in [9.17, 15) is 14.4 Å². The molecule has 0 aliphatic carbocycles. The summed E-state index contributed by atoms with van der Waals surface area (Å²) in [4.78, 5) is 41.9. The van der Waals surface area contributed by atoms with Gasteiger partial charge in [-0.15, -0.1) is 0 Å². The third-order valence-corrected chi connectivity index (χ3v) is 5.83. The molecule has 0 aromatic heterocycles. The maximum atomic E-state index is 13.1. The number of anilines is 1. The maximum Gasteiger partial charge on any atom is 0.257 e. The number of methoxy groups -OCH3 is 1. The lowest BCUT2D eigenvalue weighted by Gasteiger charge is -2.23. The standard InChI is InChI=1S/C27H27N3O4/c1-34-24-11-6-5-10-23(24)27(33)30-17-7-16-29(18-19-30)26(32)21-12-14-22(15-13-21)28-25(31)20-8-3-2-4-9-20/h2-6,8-15H,7,16-19H2,1H3,(H,28,31). The summed E-state index contributed by atoms with van der Waals surface area (Å²) in [6.07, 6.45) is 0.692. The molecule has 0 bridgehead atoms. The number of nitrogens with one attached hydrogen (secondary N) is 1. The van der Waals surface area contributed by atoms with Gasteiger partial charge in [-0.05, 0) is 55.0 Å². The van der Waals surface area contributed by atoms with E-state index in [-0.39, 0.29) is 17.7 Å². The SMILES string of the molecule is COc1ccccc1C(=O)N1CCCN(C(=O)c2ccc(NC(=O)c3ccccc3)cc2)CC1. The zero-order valence-electron chi connectivity index (χ0n) is 19.1. The molecule has 1 saturated heterocycles. The first kappa shape index (κ1) is 23.0. The van der Waals surface area contributed by atoms with E-state index >= 15 is 0 Å². The second-order valence-corrected chi connectivity index (χ2v) is 8.04. The topological polar surface area (TPSA) is 79.0 Å². The highest BCUT2D eigenvalue weighted by Crippen LogP contribution is 2.21. The van der Waals surface area contributed by atoms with Gasteiger partial charge in [-0.1, -0.05) is 30.3 Å². The third kappa shape index (κ3) is 5.26. The summed E-state index contributed by atoms with van der Waals surface area (Å²) >= 11 is 0. The van der Waals surface area contributed by atoms with E-state index in [2.05, 4.69) is 5.32 Å². The fourth-order valence-electron chi connectivity index (χ4n) is 3.99. The molecule has 0 radical (unpaired) electrons. The summed E-state index contributed by atoms with van der Waals surface area (Å²) in [5.74, 6) is 0.161. The van der Waals surface area contributed by atoms with Crippen LogP contribution in [0.15, 0.2) is 78.9 Å². The highest BCUT2D eigenvalue weighted by molar-refractivity contribution is 6.04. The van der Waals surface area contributed by atoms with Crippen LogP contribution < -0.4 is 10.1 Å². The first-order valence-corrected chi connectivity index (χ1v) is 11.2. The number of hydrogen-bond acceptors (Lipinski definition) is 4. The molecule has 3 amide bonds. The fourth-order valence-corrected chi connectivity index (χ4v) is 3.99. The van der Waals surface area contributed by atoms with Crippen LogP contribution in [-0.2, 0) is 0 Å². The first-order chi connectivity index (χ1) is 16.6. The van der Waals surface area contributed by atoms with Crippen molar-refractivity contribution in [2.45, 2.75) is 6.42 Å². The Kier molecular flexibility index (Phi) is 7.22. The quantitative estimate of drug-likeness (QED) is 0.630. The van der Waals surface area contributed by atoms with Gasteiger partial charge in [0.2, 0.25) is 0 Å². The minimum atomic E-state index is -0.202. The van der Waals surface area contributed by atoms with Crippen molar-refractivity contribution in [3.8, 4) is 5.75 Å². The van der Waals surface area contributed by atoms with Crippen LogP contribution in [0.1, 0.15) is 37.5 Å². The van der Waals surface area contributed by atoms with Gasteiger partial charge in [0.15, 0.2) is 0 Å². The number of rotatable bonds is 5. The average Bonchev–Trinajstić information content (AvgIpc) is 3.15. The van der Waals surface area contributed by atoms with Crippen LogP contribution in [0.25, 0.3) is 0 Å². The number of carbonyl (C=O) groups is 3. The molecular weight excluding hydrogens is 430 g/mol. The van der Waals surface area contributed by atoms with Crippen molar-refractivity contribution >= 4 is 23.4 Å². The van der Waals surface area contributed by atoms with Gasteiger partial charge in [0, 0.05) is 43.0 Å². The van der Waals surface area contributed by atoms with Crippen molar-refractivity contribution in [2.24, 2.45) is 0 Å². The summed E-state index contributed by atoms with van der Waals surface area (Å²) in [5, 5.41) is 2.84. The molecule has 0 atom stereocenters. The predicted octanol–water partition coefficient (Wildman–Crippen LogP) is 3.94. The van der Waals surface area contributed by atoms with Crippen molar-refractivity contribution in [3.63, 3.8) is 0 Å². The minimum absolute atomic E-state index is 0.0903. The van der Waals surface area contributed by atoms with Gasteiger partial charge in [-0.3, -0.25) is 14.4 Å². The monoisotopic (exact) mass is 457 g/mol. The average molecular weight is 458 g/mol. The van der Waals surface area contributed by atoms with Gasteiger partial charge in [-0.2, -0.15) is 0 Å². The molecule has 1 N–H and O–H groups in total. The van der Waals surface area contributed by atoms with Crippen LogP contribution in [0.5, 0.6) is 5.75 Å². The smallest absolute Gasteiger partial charge is 0.257 e. The Balaban J connectivity index is 1.37. The van der Waals surface area contributed by atoms with Crippen molar-refractivity contribution in [2.75, 3.05) is 38.6 Å². The molecule has 1 aliphatic heterocycles. The molecule has 7 heteroatoms. The molecule has 3 aromatic rings. The third-order valence-electron chi connectivity index (χ3n) is 5.83. The van der Waals surface area contributed by atoms with Crippen LogP contribution in [0, 0.1) is 0 Å². The first-order valence-electron chi connectivity index (χ1n) is 11.2. The number of para-hydroxylation sites is 1. The van der Waals surface area contributed by atoms with Crippen LogP contribution >= 0.6 is 0 Å². The van der Waals surface area contributed by atoms with Crippen LogP contribution in [0.4, 0.5) is 5.69 Å². The minimum Gasteiger partial charge on any atom is -0.496 e. The fraction of sp³-hybridized carbons (Fsp3) is 0.222. The number of nitrogens with zero attached hydrogens (tertiary/aromatic N) is 2. The van der Waals surface area contributed by atoms with Gasteiger partial charge in [-0.25, -0.2) is 0 Å². The van der Waals surface area contributed by atoms with Gasteiger partial charge >= 0.3 is 0 Å². The molecule has 34 heavy (non-hydrogen) atoms. The lowest BCUT2D eigenvalue weighted by Crippen LogP contribution is -2.37. The maximum absolute atomic E-state index is 13.1. The Morgan fingerprint density at radius 1 is 0.706 bits per heavy atom. The number of hydrogen-bond donors (Lipinski definition) is 1. The van der Waals surface area contributed by atoms with Crippen molar-refractivity contribution in [1.82, 2.24) is 9.80 Å². The zero-order chi connectivity index (χ0) is 23.9. The van der Waals surface area contributed by atoms with E-state index in [1.807, 2.05) is 30.3 Å². The Morgan fingerprint density at radius 3 is 2.00 bits per heavy atom. The molecule has 1 aliphatic rings. The Labute approximate surface area is 198 Å². The van der Waals surface area contributed by atoms with Gasteiger partial charge < -0.3 is 19.9 Å². The van der Waals surface area contributed by atoms with Gasteiger partial charge in [0.25, 0.3) is 17.7 Å². The van der Waals surface area contributed by atoms with Gasteiger partial charge in [0.05, 0.1) is 12.7 Å². The van der Waals surface area contributed by atoms with E-state index in [1.165, 1.54) is 0 Å². The predicted molar refractivity (Wildman–Crippen MR) is 130 cm³/mol. The van der Waals surface area contributed by atoms with Crippen molar-refractivity contribution < 1.29 is 19.1 Å². The van der Waals surface area contributed by atoms with Crippen LogP contribution in [0.3, 0.4) is 0 Å². The summed E-state index contributed by atoms with van der Waals surface area (Å²) in [6.45, 7) is 2.05. The molecule has 174 valence electrons. The Bertz CT molecular complexity index is 1160. The largest absolute Gasteiger partial charge is 0.496 e. The normalized spacial score (nSPS) is 13.7. The lowest BCUT2D eigenvalue weighted by molar-refractivity contribution is 0.0717. The van der Waals surface area contributed by atoms with Gasteiger partial charge in [0.1, 0.15) is 5.75 Å². The van der Waals surface area contributed by atoms with E-state index in [1.54, 1.807) is 65.4 Å². The van der Waals surface area contributed by atoms with E-state index in [0.29, 0.717) is 60.7 Å². The summed E-state index contributed by atoms with van der Waals surface area (Å²) < 4.78 is 5.33. The number of amides is 3. The van der Waals surface area contributed by atoms with Crippen LogP contribution in [-0.4, -0.2) is 60.8 Å². The van der Waals surface area contributed by atoms with E-state index in [4.69, 9.17) is 4.74 Å². The number of carbonyl (C=O) groups excluding carboxylic acids is 3. The van der Waals surface area contributed by atoms with E-state index < -0.39 is 0 Å². The molecule has 1 fully saturated rings. The number of benzene rings is 3. The summed E-state index contributed by atoms with van der Waals surface area (Å²) in [6, 6.07) is 23.0. The zero-order valence-corrected chi connectivity index (χ0v) is 19.1. The molecule has 1 heterocycles. The Hall–Kier alpha value is -4.13. The molecule has 0 unspecified atom stereocenters. The van der Waals surface area contributed by atoms with Crippen LogP contribution in [0.2, 0.25) is 0 Å². The van der Waals surface area contributed by atoms with Crippen molar-refractivity contribution in [3.05, 3.63) is 95.6 Å². The van der Waals surface area contributed by atoms with E-state index in [0.717, 1.165) is 0 Å². The van der Waals surface area contributed by atoms with Crippen molar-refractivity contribution in [1.29, 1.82) is 0 Å². The highest BCUT2D eigenvalue weighted by Gasteiger charge is 2.25.